The predicted molar refractivity (Wildman–Crippen MR) is 121 cm³/mol. The van der Waals surface area contributed by atoms with Crippen molar-refractivity contribution >= 4 is 32.6 Å². The van der Waals surface area contributed by atoms with Gasteiger partial charge in [-0.15, -0.1) is 0 Å². The predicted octanol–water partition coefficient (Wildman–Crippen LogP) is 7.80. The van der Waals surface area contributed by atoms with E-state index in [1.807, 2.05) is 2.89 Å². The normalized spacial score (nSPS) is 14.9. The van der Waals surface area contributed by atoms with Gasteiger partial charge < -0.3 is 0 Å². The molecule has 0 aliphatic rings. The van der Waals surface area contributed by atoms with Crippen molar-refractivity contribution in [3.63, 3.8) is 0 Å². The summed E-state index contributed by atoms with van der Waals surface area (Å²) >= 11 is 0.175. The van der Waals surface area contributed by atoms with Crippen molar-refractivity contribution in [3.05, 3.63) is 16.5 Å². The second-order valence-electron chi connectivity index (χ2n) is 9.97. The van der Waals surface area contributed by atoms with Crippen LogP contribution >= 0.6 is 11.3 Å². The Kier molecular flexibility index (Phi) is 10.7. The Morgan fingerprint density at radius 2 is 1.36 bits per heavy atom. The van der Waals surface area contributed by atoms with Crippen LogP contribution in [-0.4, -0.2) is 18.4 Å². The van der Waals surface area contributed by atoms with E-state index in [-0.39, 0.29) is 0 Å². The van der Waals surface area contributed by atoms with Crippen molar-refractivity contribution in [2.75, 3.05) is 0 Å². The molecular weight excluding hydrogens is 427 g/mol. The summed E-state index contributed by atoms with van der Waals surface area (Å²) in [7, 11) is 0. The molecule has 2 atom stereocenters. The fraction of sp³-hybridized carbons (Fsp3) is 0.826. The molecule has 2 heteroatoms. The molecule has 0 aromatic carbocycles. The van der Waals surface area contributed by atoms with E-state index >= 15 is 0 Å². The second-order valence-corrected chi connectivity index (χ2v) is 26.5. The van der Waals surface area contributed by atoms with Crippen molar-refractivity contribution in [2.45, 2.75) is 101 Å². The third kappa shape index (κ3) is 9.84. The molecule has 0 aliphatic heterocycles. The van der Waals surface area contributed by atoms with Crippen LogP contribution in [0.5, 0.6) is 0 Å². The number of thiophene rings is 1. The van der Waals surface area contributed by atoms with Crippen molar-refractivity contribution in [1.29, 1.82) is 0 Å². The summed E-state index contributed by atoms with van der Waals surface area (Å²) in [5, 5.41) is 0. The average Bonchev–Trinajstić information content (AvgIpc) is 2.86. The first kappa shape index (κ1) is 23.5. The zero-order valence-electron chi connectivity index (χ0n) is 18.4. The molecule has 0 N–H and O–H groups in total. The van der Waals surface area contributed by atoms with E-state index in [0.717, 1.165) is 17.8 Å². The molecule has 1 rings (SSSR count). The Morgan fingerprint density at radius 3 is 1.88 bits per heavy atom. The molecule has 0 nitrogen and oxygen atoms in total. The Bertz CT molecular complexity index is 481. The molecule has 0 saturated carbocycles. The van der Waals surface area contributed by atoms with Gasteiger partial charge in [-0.3, -0.25) is 0 Å². The van der Waals surface area contributed by atoms with Crippen LogP contribution in [0.3, 0.4) is 0 Å². The minimum atomic E-state index is -1.92. The number of rotatable bonds is 12. The van der Waals surface area contributed by atoms with Gasteiger partial charge in [-0.1, -0.05) is 13.8 Å². The van der Waals surface area contributed by atoms with Crippen LogP contribution in [0.25, 0.3) is 0 Å². The van der Waals surface area contributed by atoms with Crippen LogP contribution in [0.4, 0.5) is 0 Å². The van der Waals surface area contributed by atoms with Crippen LogP contribution in [0.2, 0.25) is 14.8 Å². The van der Waals surface area contributed by atoms with Gasteiger partial charge in [0.2, 0.25) is 0 Å². The van der Waals surface area contributed by atoms with Crippen molar-refractivity contribution in [2.24, 2.45) is 17.8 Å². The van der Waals surface area contributed by atoms with Gasteiger partial charge in [0.25, 0.3) is 0 Å². The second kappa shape index (κ2) is 11.4. The summed E-state index contributed by atoms with van der Waals surface area (Å²) in [6.07, 6.45) is 11.2. The van der Waals surface area contributed by atoms with Crippen molar-refractivity contribution < 1.29 is 0 Å². The molecule has 25 heavy (non-hydrogen) atoms. The molecule has 1 aromatic rings. The van der Waals surface area contributed by atoms with E-state index in [4.69, 9.17) is 0 Å². The van der Waals surface area contributed by atoms with Gasteiger partial charge >= 0.3 is 148 Å². The van der Waals surface area contributed by atoms with Gasteiger partial charge in [0.1, 0.15) is 0 Å². The molecule has 0 amide bonds. The summed E-state index contributed by atoms with van der Waals surface area (Å²) in [4.78, 5) is 9.22. The number of hydrogen-bond acceptors (Lipinski definition) is 1. The fourth-order valence-corrected chi connectivity index (χ4v) is 12.2. The monoisotopic (exact) mass is 472 g/mol. The van der Waals surface area contributed by atoms with Crippen LogP contribution < -0.4 is 2.89 Å². The van der Waals surface area contributed by atoms with E-state index in [1.54, 1.807) is 5.56 Å². The Hall–Kier alpha value is 0.499. The summed E-state index contributed by atoms with van der Waals surface area (Å²) in [6.45, 7) is 11.9. The molecular formula is C23H44SSn. The molecule has 0 fully saturated rings. The van der Waals surface area contributed by atoms with E-state index < -0.39 is 18.4 Å². The van der Waals surface area contributed by atoms with Gasteiger partial charge in [-0.05, 0) is 5.92 Å². The van der Waals surface area contributed by atoms with Crippen LogP contribution in [0.15, 0.2) is 6.07 Å². The molecule has 2 unspecified atom stereocenters. The first-order valence-electron chi connectivity index (χ1n) is 10.7. The van der Waals surface area contributed by atoms with E-state index in [0.29, 0.717) is 0 Å². The molecule has 1 heterocycles. The third-order valence-corrected chi connectivity index (χ3v) is 16.1. The molecule has 0 saturated heterocycles. The average molecular weight is 471 g/mol. The minimum absolute atomic E-state index is 0.871. The standard InChI is InChI=1S/C20H35S.3CH3.Sn/c1-16(2)8-6-9-17(3)10-7-11-18(4)12-13-20-14-19(5)21-15-20;;;;/h14,16-18H,6-13H2,1-5H3;3*1H3;. The fourth-order valence-electron chi connectivity index (χ4n) is 3.77. The van der Waals surface area contributed by atoms with Gasteiger partial charge in [0.05, 0.1) is 0 Å². The van der Waals surface area contributed by atoms with E-state index in [9.17, 15) is 0 Å². The molecule has 0 bridgehead atoms. The summed E-state index contributed by atoms with van der Waals surface area (Å²) in [5.74, 6) is 2.67. The van der Waals surface area contributed by atoms with E-state index in [1.165, 1.54) is 56.2 Å². The third-order valence-electron chi connectivity index (χ3n) is 5.39. The maximum atomic E-state index is 2.56. The van der Waals surface area contributed by atoms with Crippen molar-refractivity contribution in [1.82, 2.24) is 0 Å². The Balaban J connectivity index is 2.28. The van der Waals surface area contributed by atoms with Crippen LogP contribution in [0, 0.1) is 24.7 Å². The van der Waals surface area contributed by atoms with Gasteiger partial charge in [0.15, 0.2) is 0 Å². The van der Waals surface area contributed by atoms with Gasteiger partial charge in [0, 0.05) is 0 Å². The van der Waals surface area contributed by atoms with E-state index in [2.05, 4.69) is 66.8 Å². The zero-order valence-corrected chi connectivity index (χ0v) is 22.0. The van der Waals surface area contributed by atoms with Gasteiger partial charge in [-0.2, -0.15) is 0 Å². The number of aryl methyl sites for hydroxylation is 2. The molecule has 0 spiro atoms. The summed E-state index contributed by atoms with van der Waals surface area (Å²) in [6, 6.07) is 2.49. The van der Waals surface area contributed by atoms with Crippen molar-refractivity contribution in [3.8, 4) is 0 Å². The molecule has 146 valence electrons. The Labute approximate surface area is 167 Å². The molecule has 0 radical (unpaired) electrons. The quantitative estimate of drug-likeness (QED) is 0.273. The summed E-state index contributed by atoms with van der Waals surface area (Å²) < 4.78 is 1.82. The maximum absolute atomic E-state index is 2.56. The first-order chi connectivity index (χ1) is 11.6. The zero-order chi connectivity index (χ0) is 19.0. The SMILES string of the molecule is Cc1cc(CCC(C)CCCC(C)CCCC(C)C)[c]([Sn]([CH3])([CH3])[CH3])s1. The first-order valence-corrected chi connectivity index (χ1v) is 21.5. The summed E-state index contributed by atoms with van der Waals surface area (Å²) in [5.41, 5.74) is 1.71. The van der Waals surface area contributed by atoms with Crippen LogP contribution in [-0.2, 0) is 6.42 Å². The molecule has 0 aliphatic carbocycles. The Morgan fingerprint density at radius 1 is 0.840 bits per heavy atom. The molecule has 1 aromatic heterocycles. The topological polar surface area (TPSA) is 0 Å². The number of hydrogen-bond donors (Lipinski definition) is 0. The van der Waals surface area contributed by atoms with Gasteiger partial charge in [-0.25, -0.2) is 0 Å². The van der Waals surface area contributed by atoms with Crippen LogP contribution in [0.1, 0.15) is 83.1 Å².